The predicted molar refractivity (Wildman–Crippen MR) is 131 cm³/mol. The Hall–Kier alpha value is -2.37. The highest BCUT2D eigenvalue weighted by Crippen LogP contribution is 2.32. The Morgan fingerprint density at radius 3 is 0.977 bits per heavy atom. The molecule has 0 bridgehead atoms. The topological polar surface area (TPSA) is 261 Å². The number of esters is 3. The number of ether oxygens (including phenoxy) is 3. The van der Waals surface area contributed by atoms with E-state index in [0.717, 1.165) is 21.0 Å². The van der Waals surface area contributed by atoms with E-state index in [1.165, 1.54) is 0 Å². The van der Waals surface area contributed by atoms with Crippen LogP contribution in [0.3, 0.4) is 0 Å². The molecule has 2 atom stereocenters. The second-order valence-corrected chi connectivity index (χ2v) is 10.3. The van der Waals surface area contributed by atoms with Gasteiger partial charge in [0.1, 0.15) is 13.2 Å². The van der Waals surface area contributed by atoms with Gasteiger partial charge in [-0.15, -0.1) is 0 Å². The third-order valence-corrected chi connectivity index (χ3v) is 5.62. The summed E-state index contributed by atoms with van der Waals surface area (Å²) in [5.74, 6) is -4.89. The number of alkyl halides is 6. The van der Waals surface area contributed by atoms with E-state index in [9.17, 15) is 56.0 Å². The summed E-state index contributed by atoms with van der Waals surface area (Å²) in [5, 5.41) is 79.6. The summed E-state index contributed by atoms with van der Waals surface area (Å²) in [6.07, 6.45) is -10.3. The Kier molecular flexibility index (Phi) is 18.8. The molecule has 0 saturated heterocycles. The minimum absolute atomic E-state index is 0.184. The molecule has 44 heavy (non-hydrogen) atoms. The van der Waals surface area contributed by atoms with E-state index in [-0.39, 0.29) is 6.92 Å². The van der Waals surface area contributed by atoms with Gasteiger partial charge in [-0.2, -0.15) is 26.3 Å². The SMILES string of the molecule is CC(C)(O)C(=O)OCC(CO)(CO)COC(=O)C(C)(O)C(F)(F)F.COC(=O)C(C)(O)C(F)(F)F.OCC(CO)(CO)CO. The monoisotopic (exact) mass is 670 g/mol. The molecule has 0 amide bonds. The maximum absolute atomic E-state index is 12.5. The molecule has 15 nitrogen and oxygen atoms in total. The predicted octanol–water partition coefficient (Wildman–Crippen LogP) is -2.46. The van der Waals surface area contributed by atoms with Crippen LogP contribution in [0.2, 0.25) is 0 Å². The first-order valence-electron chi connectivity index (χ1n) is 12.0. The van der Waals surface area contributed by atoms with Gasteiger partial charge in [-0.05, 0) is 27.7 Å². The molecule has 0 aliphatic rings. The number of halogens is 6. The summed E-state index contributed by atoms with van der Waals surface area (Å²) in [4.78, 5) is 33.1. The highest BCUT2D eigenvalue weighted by molar-refractivity contribution is 5.80. The zero-order chi connectivity index (χ0) is 36.0. The smallest absolute Gasteiger partial charge is 0.427 e. The van der Waals surface area contributed by atoms with Crippen LogP contribution in [-0.2, 0) is 28.6 Å². The lowest BCUT2D eigenvalue weighted by Gasteiger charge is -2.31. The molecule has 0 rings (SSSR count). The van der Waals surface area contributed by atoms with Gasteiger partial charge in [0.05, 0.1) is 57.6 Å². The van der Waals surface area contributed by atoms with Crippen molar-refractivity contribution in [2.75, 3.05) is 60.0 Å². The van der Waals surface area contributed by atoms with Gasteiger partial charge in [-0.1, -0.05) is 0 Å². The largest absolute Gasteiger partial charge is 0.467 e. The number of rotatable bonds is 13. The lowest BCUT2D eigenvalue weighted by atomic mass is 9.92. The number of carbonyl (C=O) groups excluding carboxylic acids is 3. The summed E-state index contributed by atoms with van der Waals surface area (Å²) in [7, 11) is 0.766. The van der Waals surface area contributed by atoms with Crippen LogP contribution < -0.4 is 0 Å². The molecule has 0 fully saturated rings. The van der Waals surface area contributed by atoms with E-state index in [2.05, 4.69) is 14.2 Å². The van der Waals surface area contributed by atoms with Gasteiger partial charge in [0.15, 0.2) is 5.60 Å². The van der Waals surface area contributed by atoms with Crippen LogP contribution in [-0.4, -0.2) is 153 Å². The van der Waals surface area contributed by atoms with Crippen LogP contribution in [0.5, 0.6) is 0 Å². The van der Waals surface area contributed by atoms with Gasteiger partial charge in [0.25, 0.3) is 11.2 Å². The normalized spacial score (nSPS) is 15.3. The van der Waals surface area contributed by atoms with Crippen LogP contribution in [0.15, 0.2) is 0 Å². The van der Waals surface area contributed by atoms with Gasteiger partial charge in [-0.25, -0.2) is 14.4 Å². The Morgan fingerprint density at radius 1 is 0.523 bits per heavy atom. The second-order valence-electron chi connectivity index (χ2n) is 10.3. The van der Waals surface area contributed by atoms with Crippen molar-refractivity contribution in [2.45, 2.75) is 56.9 Å². The molecule has 0 aromatic carbocycles. The van der Waals surface area contributed by atoms with Crippen molar-refractivity contribution in [3.8, 4) is 0 Å². The molecule has 0 aliphatic heterocycles. The Morgan fingerprint density at radius 2 is 0.795 bits per heavy atom. The third kappa shape index (κ3) is 13.7. The molecule has 0 radical (unpaired) electrons. The Labute approximate surface area is 247 Å². The molecule has 0 aliphatic carbocycles. The molecule has 264 valence electrons. The minimum Gasteiger partial charge on any atom is -0.467 e. The lowest BCUT2D eigenvalue weighted by molar-refractivity contribution is -0.258. The van der Waals surface area contributed by atoms with E-state index >= 15 is 0 Å². The van der Waals surface area contributed by atoms with E-state index < -0.39 is 111 Å². The van der Waals surface area contributed by atoms with E-state index in [1.807, 2.05) is 0 Å². The number of carbonyl (C=O) groups is 3. The average molecular weight is 671 g/mol. The van der Waals surface area contributed by atoms with Gasteiger partial charge in [0, 0.05) is 0 Å². The highest BCUT2D eigenvalue weighted by atomic mass is 19.4. The summed E-state index contributed by atoms with van der Waals surface area (Å²) < 4.78 is 85.4. The third-order valence-electron chi connectivity index (χ3n) is 5.62. The Bertz CT molecular complexity index is 857. The van der Waals surface area contributed by atoms with Gasteiger partial charge in [-0.3, -0.25) is 0 Å². The maximum Gasteiger partial charge on any atom is 0.427 e. The van der Waals surface area contributed by atoms with Crippen molar-refractivity contribution >= 4 is 17.9 Å². The lowest BCUT2D eigenvalue weighted by Crippen LogP contribution is -2.52. The summed E-state index contributed by atoms with van der Waals surface area (Å²) in [6, 6.07) is 0. The summed E-state index contributed by atoms with van der Waals surface area (Å²) in [5.41, 5.74) is -12.0. The zero-order valence-corrected chi connectivity index (χ0v) is 24.4. The molecule has 0 saturated carbocycles. The number of hydrogen-bond donors (Lipinski definition) is 9. The molecule has 9 N–H and O–H groups in total. The standard InChI is InChI=1S/C13H21F3O8.C5H7F3O3.C5H12O4/c1-10(2,21)8(19)23-6-12(4-17,5-18)7-24-9(20)11(3,22)13(14,15)16;1-4(10,3(9)11-2)5(6,7)8;6-1-5(2-7,3-8)4-9/h17-18,21-22H,4-7H2,1-3H3;10H,1-2H3;6-9H,1-4H2. The molecule has 2 unspecified atom stereocenters. The first-order chi connectivity index (χ1) is 19.6. The van der Waals surface area contributed by atoms with Crippen molar-refractivity contribution in [3.05, 3.63) is 0 Å². The van der Waals surface area contributed by atoms with Crippen molar-refractivity contribution in [1.82, 2.24) is 0 Å². The van der Waals surface area contributed by atoms with Crippen LogP contribution in [0.1, 0.15) is 27.7 Å². The quantitative estimate of drug-likeness (QED) is 0.0559. The first kappa shape index (κ1) is 46.1. The molecule has 0 aromatic heterocycles. The van der Waals surface area contributed by atoms with Gasteiger partial charge in [0.2, 0.25) is 0 Å². The fourth-order valence-corrected chi connectivity index (χ4v) is 1.76. The number of aliphatic hydroxyl groups excluding tert-OH is 6. The van der Waals surface area contributed by atoms with E-state index in [1.54, 1.807) is 0 Å². The van der Waals surface area contributed by atoms with Crippen molar-refractivity contribution in [1.29, 1.82) is 0 Å². The highest BCUT2D eigenvalue weighted by Gasteiger charge is 2.58. The number of aliphatic hydroxyl groups is 9. The van der Waals surface area contributed by atoms with Gasteiger partial charge < -0.3 is 60.2 Å². The van der Waals surface area contributed by atoms with Gasteiger partial charge >= 0.3 is 30.3 Å². The van der Waals surface area contributed by atoms with Crippen molar-refractivity contribution in [2.24, 2.45) is 10.8 Å². The maximum atomic E-state index is 12.5. The minimum atomic E-state index is -5.29. The first-order valence-corrected chi connectivity index (χ1v) is 12.0. The fraction of sp³-hybridized carbons (Fsp3) is 0.870. The van der Waals surface area contributed by atoms with Crippen LogP contribution in [0.4, 0.5) is 26.3 Å². The number of methoxy groups -OCH3 is 1. The summed E-state index contributed by atoms with van der Waals surface area (Å²) in [6.45, 7) is -2.43. The average Bonchev–Trinajstić information content (AvgIpc) is 2.93. The molecule has 0 heterocycles. The summed E-state index contributed by atoms with van der Waals surface area (Å²) >= 11 is 0. The second kappa shape index (κ2) is 17.9. The fourth-order valence-electron chi connectivity index (χ4n) is 1.76. The van der Waals surface area contributed by atoms with E-state index in [4.69, 9.17) is 30.6 Å². The van der Waals surface area contributed by atoms with Crippen molar-refractivity contribution in [3.63, 3.8) is 0 Å². The molecule has 0 aromatic rings. The van der Waals surface area contributed by atoms with Crippen molar-refractivity contribution < 1.29 is 101 Å². The Balaban J connectivity index is -0.000000689. The molecular weight excluding hydrogens is 630 g/mol. The molecule has 0 spiro atoms. The van der Waals surface area contributed by atoms with Crippen LogP contribution in [0, 0.1) is 10.8 Å². The zero-order valence-electron chi connectivity index (χ0n) is 24.4. The number of hydrogen-bond acceptors (Lipinski definition) is 15. The van der Waals surface area contributed by atoms with Crippen LogP contribution >= 0.6 is 0 Å². The molecular formula is C23H40F6O15. The van der Waals surface area contributed by atoms with E-state index in [0.29, 0.717) is 6.92 Å². The molecule has 21 heteroatoms. The van der Waals surface area contributed by atoms with Crippen LogP contribution in [0.25, 0.3) is 0 Å².